The molecule has 1 atom stereocenters. The number of rotatable bonds is 3. The second-order valence-corrected chi connectivity index (χ2v) is 7.46. The summed E-state index contributed by atoms with van der Waals surface area (Å²) < 4.78 is 2.28. The molecule has 1 fully saturated rings. The molecule has 1 aromatic heterocycles. The van der Waals surface area contributed by atoms with Crippen molar-refractivity contribution in [3.8, 4) is 0 Å². The molecular weight excluding hydrogens is 290 g/mol. The van der Waals surface area contributed by atoms with E-state index in [9.17, 15) is 4.79 Å². The predicted molar refractivity (Wildman–Crippen MR) is 89.2 cm³/mol. The van der Waals surface area contributed by atoms with Crippen molar-refractivity contribution in [3.05, 3.63) is 11.6 Å². The van der Waals surface area contributed by atoms with Crippen LogP contribution in [0.15, 0.2) is 0 Å². The van der Waals surface area contributed by atoms with E-state index in [4.69, 9.17) is 0 Å². The maximum atomic E-state index is 12.3. The molecule has 2 aliphatic heterocycles. The molecule has 1 amide bonds. The molecular formula is C17H29N5O. The minimum Gasteiger partial charge on any atom is -0.340 e. The van der Waals surface area contributed by atoms with Gasteiger partial charge in [0.15, 0.2) is 0 Å². The van der Waals surface area contributed by atoms with Crippen LogP contribution < -0.4 is 0 Å². The molecule has 2 aliphatic rings. The van der Waals surface area contributed by atoms with Gasteiger partial charge in [-0.3, -0.25) is 4.79 Å². The monoisotopic (exact) mass is 319 g/mol. The highest BCUT2D eigenvalue weighted by Crippen LogP contribution is 2.26. The number of carbonyl (C=O) groups is 1. The molecule has 23 heavy (non-hydrogen) atoms. The SMILES string of the molecule is CC(C)CC(=O)N1CCc2nnc(C3CCCN(C)C3)n2CC1. The zero-order valence-electron chi connectivity index (χ0n) is 14.7. The number of carbonyl (C=O) groups excluding carboxylic acids is 1. The Morgan fingerprint density at radius 3 is 2.78 bits per heavy atom. The molecule has 128 valence electrons. The van der Waals surface area contributed by atoms with Crippen molar-refractivity contribution in [2.24, 2.45) is 5.92 Å². The van der Waals surface area contributed by atoms with Gasteiger partial charge in [0.05, 0.1) is 0 Å². The lowest BCUT2D eigenvalue weighted by Gasteiger charge is -2.29. The van der Waals surface area contributed by atoms with Crippen molar-refractivity contribution in [2.75, 3.05) is 33.2 Å². The number of hydrogen-bond donors (Lipinski definition) is 0. The smallest absolute Gasteiger partial charge is 0.222 e. The van der Waals surface area contributed by atoms with Gasteiger partial charge in [-0.05, 0) is 32.4 Å². The normalized spacial score (nSPS) is 23.0. The van der Waals surface area contributed by atoms with Crippen molar-refractivity contribution in [3.63, 3.8) is 0 Å². The van der Waals surface area contributed by atoms with Gasteiger partial charge in [-0.15, -0.1) is 10.2 Å². The first-order chi connectivity index (χ1) is 11.0. The standard InChI is InChI=1S/C17H29N5O/c1-13(2)11-16(23)21-8-6-15-18-19-17(22(15)10-9-21)14-5-4-7-20(3)12-14/h13-14H,4-12H2,1-3H3. The maximum absolute atomic E-state index is 12.3. The maximum Gasteiger partial charge on any atom is 0.222 e. The Labute approximate surface area is 138 Å². The van der Waals surface area contributed by atoms with Crippen LogP contribution in [0.2, 0.25) is 0 Å². The van der Waals surface area contributed by atoms with Gasteiger partial charge >= 0.3 is 0 Å². The van der Waals surface area contributed by atoms with E-state index >= 15 is 0 Å². The highest BCUT2D eigenvalue weighted by molar-refractivity contribution is 5.76. The van der Waals surface area contributed by atoms with Crippen LogP contribution in [0.1, 0.15) is 50.7 Å². The first-order valence-corrected chi connectivity index (χ1v) is 8.93. The van der Waals surface area contributed by atoms with E-state index in [2.05, 4.69) is 40.6 Å². The number of likely N-dealkylation sites (tertiary alicyclic amines) is 1. The Kier molecular flexibility index (Phi) is 4.99. The van der Waals surface area contributed by atoms with Gasteiger partial charge in [0.2, 0.25) is 5.91 Å². The third kappa shape index (κ3) is 3.74. The number of amides is 1. The number of aromatic nitrogens is 3. The number of likely N-dealkylation sites (N-methyl/N-ethyl adjacent to an activating group) is 1. The Morgan fingerprint density at radius 1 is 1.22 bits per heavy atom. The predicted octanol–water partition coefficient (Wildman–Crippen LogP) is 1.52. The molecule has 0 bridgehead atoms. The molecule has 0 saturated carbocycles. The number of piperidine rings is 1. The van der Waals surface area contributed by atoms with Crippen LogP contribution in [0.5, 0.6) is 0 Å². The summed E-state index contributed by atoms with van der Waals surface area (Å²) in [6.45, 7) is 8.83. The Bertz CT molecular complexity index is 553. The summed E-state index contributed by atoms with van der Waals surface area (Å²) in [4.78, 5) is 16.7. The third-order valence-electron chi connectivity index (χ3n) is 4.98. The van der Waals surface area contributed by atoms with Crippen molar-refractivity contribution in [1.29, 1.82) is 0 Å². The molecule has 6 heteroatoms. The summed E-state index contributed by atoms with van der Waals surface area (Å²) in [5, 5.41) is 8.93. The highest BCUT2D eigenvalue weighted by atomic mass is 16.2. The lowest BCUT2D eigenvalue weighted by Crippen LogP contribution is -2.35. The van der Waals surface area contributed by atoms with Crippen LogP contribution in [0.4, 0.5) is 0 Å². The Balaban J connectivity index is 1.70. The van der Waals surface area contributed by atoms with E-state index in [0.29, 0.717) is 18.3 Å². The van der Waals surface area contributed by atoms with Crippen LogP contribution in [0.25, 0.3) is 0 Å². The topological polar surface area (TPSA) is 54.3 Å². The quantitative estimate of drug-likeness (QED) is 0.847. The molecule has 3 rings (SSSR count). The summed E-state index contributed by atoms with van der Waals surface area (Å²) >= 11 is 0. The molecule has 1 aromatic rings. The number of nitrogens with zero attached hydrogens (tertiary/aromatic N) is 5. The summed E-state index contributed by atoms with van der Waals surface area (Å²) in [5.41, 5.74) is 0. The average molecular weight is 319 g/mol. The van der Waals surface area contributed by atoms with Gasteiger partial charge in [0.25, 0.3) is 0 Å². The lowest BCUT2D eigenvalue weighted by atomic mass is 9.97. The van der Waals surface area contributed by atoms with Crippen LogP contribution >= 0.6 is 0 Å². The van der Waals surface area contributed by atoms with Crippen LogP contribution in [-0.4, -0.2) is 63.7 Å². The van der Waals surface area contributed by atoms with E-state index in [0.717, 1.165) is 44.2 Å². The first kappa shape index (κ1) is 16.4. The van der Waals surface area contributed by atoms with E-state index in [1.165, 1.54) is 19.4 Å². The molecule has 6 nitrogen and oxygen atoms in total. The highest BCUT2D eigenvalue weighted by Gasteiger charge is 2.27. The Hall–Kier alpha value is -1.43. The van der Waals surface area contributed by atoms with Crippen LogP contribution in [-0.2, 0) is 17.8 Å². The number of fused-ring (bicyclic) bond motifs is 1. The summed E-state index contributed by atoms with van der Waals surface area (Å²) in [7, 11) is 2.18. The van der Waals surface area contributed by atoms with Gasteiger partial charge in [0.1, 0.15) is 11.6 Å². The second kappa shape index (κ2) is 6.99. The molecule has 1 unspecified atom stereocenters. The van der Waals surface area contributed by atoms with Crippen molar-refractivity contribution >= 4 is 5.91 Å². The van der Waals surface area contributed by atoms with Crippen LogP contribution in [0.3, 0.4) is 0 Å². The van der Waals surface area contributed by atoms with E-state index < -0.39 is 0 Å². The minimum absolute atomic E-state index is 0.276. The zero-order valence-corrected chi connectivity index (χ0v) is 14.7. The molecule has 0 aliphatic carbocycles. The van der Waals surface area contributed by atoms with Gasteiger partial charge < -0.3 is 14.4 Å². The summed E-state index contributed by atoms with van der Waals surface area (Å²) in [5.74, 6) is 3.35. The molecule has 1 saturated heterocycles. The Morgan fingerprint density at radius 2 is 2.04 bits per heavy atom. The van der Waals surface area contributed by atoms with Crippen molar-refractivity contribution in [2.45, 2.75) is 52.0 Å². The summed E-state index contributed by atoms with van der Waals surface area (Å²) in [6, 6.07) is 0. The van der Waals surface area contributed by atoms with E-state index in [1.807, 2.05) is 4.90 Å². The molecule has 3 heterocycles. The van der Waals surface area contributed by atoms with Gasteiger partial charge in [0, 0.05) is 44.9 Å². The van der Waals surface area contributed by atoms with Gasteiger partial charge in [-0.1, -0.05) is 13.8 Å². The van der Waals surface area contributed by atoms with Gasteiger partial charge in [-0.2, -0.15) is 0 Å². The van der Waals surface area contributed by atoms with Crippen LogP contribution in [0, 0.1) is 5.92 Å². The fourth-order valence-electron chi connectivity index (χ4n) is 3.75. The minimum atomic E-state index is 0.276. The van der Waals surface area contributed by atoms with Crippen molar-refractivity contribution < 1.29 is 4.79 Å². The summed E-state index contributed by atoms with van der Waals surface area (Å²) in [6.07, 6.45) is 3.88. The second-order valence-electron chi connectivity index (χ2n) is 7.46. The molecule has 0 aromatic carbocycles. The fraction of sp³-hybridized carbons (Fsp3) is 0.824. The first-order valence-electron chi connectivity index (χ1n) is 8.93. The van der Waals surface area contributed by atoms with Gasteiger partial charge in [-0.25, -0.2) is 0 Å². The molecule has 0 N–H and O–H groups in total. The van der Waals surface area contributed by atoms with Crippen molar-refractivity contribution in [1.82, 2.24) is 24.6 Å². The lowest BCUT2D eigenvalue weighted by molar-refractivity contribution is -0.131. The fourth-order valence-corrected chi connectivity index (χ4v) is 3.75. The molecule has 0 spiro atoms. The zero-order chi connectivity index (χ0) is 16.4. The molecule has 0 radical (unpaired) electrons. The number of hydrogen-bond acceptors (Lipinski definition) is 4. The average Bonchev–Trinajstić information content (AvgIpc) is 2.78. The van der Waals surface area contributed by atoms with E-state index in [-0.39, 0.29) is 5.91 Å². The third-order valence-corrected chi connectivity index (χ3v) is 4.98. The largest absolute Gasteiger partial charge is 0.340 e. The van der Waals surface area contributed by atoms with E-state index in [1.54, 1.807) is 0 Å².